The fraction of sp³-hybridized carbons (Fsp3) is 0.273. The molecule has 0 aliphatic heterocycles. The molecule has 25 heavy (non-hydrogen) atoms. The van der Waals surface area contributed by atoms with Gasteiger partial charge in [-0.15, -0.1) is 0 Å². The summed E-state index contributed by atoms with van der Waals surface area (Å²) in [6, 6.07) is 17.8. The highest BCUT2D eigenvalue weighted by Gasteiger charge is 2.40. The van der Waals surface area contributed by atoms with Crippen LogP contribution in [0.25, 0.3) is 5.57 Å². The molecule has 0 N–H and O–H groups in total. The van der Waals surface area contributed by atoms with Crippen molar-refractivity contribution in [3.8, 4) is 0 Å². The van der Waals surface area contributed by atoms with Gasteiger partial charge in [0.05, 0.1) is 6.61 Å². The maximum atomic E-state index is 12.8. The number of hydrogen-bond acceptors (Lipinski definition) is 3. The van der Waals surface area contributed by atoms with Crippen molar-refractivity contribution in [1.82, 2.24) is 0 Å². The van der Waals surface area contributed by atoms with E-state index in [2.05, 4.69) is 0 Å². The van der Waals surface area contributed by atoms with Crippen LogP contribution in [-0.4, -0.2) is 18.4 Å². The molecule has 3 nitrogen and oxygen atoms in total. The molecule has 0 amide bonds. The first kappa shape index (κ1) is 17.2. The van der Waals surface area contributed by atoms with Gasteiger partial charge in [-0.3, -0.25) is 9.59 Å². The summed E-state index contributed by atoms with van der Waals surface area (Å²) in [5.74, 6) is -1.57. The standard InChI is InChI=1S/C22H22O3/c1-3-25-22(24)21-19(18-12-8-7-9-15(18)2)13-17(14-20(21)23)16-10-5-4-6-11-16/h4-12,14,19,21H,3,13H2,1-2H3. The average molecular weight is 334 g/mol. The third kappa shape index (κ3) is 3.55. The maximum Gasteiger partial charge on any atom is 0.317 e. The third-order valence-electron chi connectivity index (χ3n) is 4.74. The van der Waals surface area contributed by atoms with Gasteiger partial charge in [0.1, 0.15) is 5.92 Å². The minimum atomic E-state index is -0.770. The second kappa shape index (κ2) is 7.47. The van der Waals surface area contributed by atoms with E-state index in [1.165, 1.54) is 0 Å². The van der Waals surface area contributed by atoms with Crippen LogP contribution >= 0.6 is 0 Å². The number of carbonyl (C=O) groups is 2. The summed E-state index contributed by atoms with van der Waals surface area (Å²) in [7, 11) is 0. The second-order valence-corrected chi connectivity index (χ2v) is 6.33. The quantitative estimate of drug-likeness (QED) is 0.618. The summed E-state index contributed by atoms with van der Waals surface area (Å²) in [6.07, 6.45) is 2.26. The lowest BCUT2D eigenvalue weighted by Gasteiger charge is -2.30. The number of ketones is 1. The molecule has 3 heteroatoms. The fourth-order valence-corrected chi connectivity index (χ4v) is 3.53. The topological polar surface area (TPSA) is 43.4 Å². The molecule has 2 aromatic rings. The number of rotatable bonds is 4. The Labute approximate surface area is 148 Å². The Hall–Kier alpha value is -2.68. The summed E-state index contributed by atoms with van der Waals surface area (Å²) in [6.45, 7) is 4.06. The van der Waals surface area contributed by atoms with Gasteiger partial charge in [-0.1, -0.05) is 54.6 Å². The highest BCUT2D eigenvalue weighted by molar-refractivity contribution is 6.10. The highest BCUT2D eigenvalue weighted by Crippen LogP contribution is 2.41. The Morgan fingerprint density at radius 2 is 1.76 bits per heavy atom. The van der Waals surface area contributed by atoms with Gasteiger partial charge in [-0.05, 0) is 48.6 Å². The fourth-order valence-electron chi connectivity index (χ4n) is 3.53. The molecule has 2 unspecified atom stereocenters. The van der Waals surface area contributed by atoms with Crippen molar-refractivity contribution in [2.45, 2.75) is 26.2 Å². The van der Waals surface area contributed by atoms with Crippen LogP contribution in [0, 0.1) is 12.8 Å². The molecule has 2 aromatic carbocycles. The molecule has 0 saturated heterocycles. The lowest BCUT2D eigenvalue weighted by molar-refractivity contribution is -0.151. The first-order valence-corrected chi connectivity index (χ1v) is 8.63. The van der Waals surface area contributed by atoms with E-state index in [0.29, 0.717) is 6.42 Å². The molecule has 0 fully saturated rings. The molecule has 1 aliphatic rings. The summed E-state index contributed by atoms with van der Waals surface area (Å²) in [4.78, 5) is 25.3. The van der Waals surface area contributed by atoms with Crippen LogP contribution in [0.1, 0.15) is 36.0 Å². The van der Waals surface area contributed by atoms with Gasteiger partial charge < -0.3 is 4.74 Å². The predicted molar refractivity (Wildman–Crippen MR) is 98.1 cm³/mol. The SMILES string of the molecule is CCOC(=O)C1C(=O)C=C(c2ccccc2)CC1c1ccccc1C. The Bertz CT molecular complexity index is 805. The molecule has 0 aromatic heterocycles. The van der Waals surface area contributed by atoms with Crippen molar-refractivity contribution in [1.29, 1.82) is 0 Å². The molecular weight excluding hydrogens is 312 g/mol. The third-order valence-corrected chi connectivity index (χ3v) is 4.74. The van der Waals surface area contributed by atoms with Crippen molar-refractivity contribution in [2.24, 2.45) is 5.92 Å². The summed E-state index contributed by atoms with van der Waals surface area (Å²) < 4.78 is 5.20. The minimum Gasteiger partial charge on any atom is -0.465 e. The molecule has 0 bridgehead atoms. The van der Waals surface area contributed by atoms with Crippen molar-refractivity contribution in [3.63, 3.8) is 0 Å². The first-order valence-electron chi connectivity index (χ1n) is 8.63. The van der Waals surface area contributed by atoms with Crippen molar-refractivity contribution < 1.29 is 14.3 Å². The smallest absolute Gasteiger partial charge is 0.317 e. The Balaban J connectivity index is 2.05. The molecule has 128 valence electrons. The zero-order valence-corrected chi connectivity index (χ0v) is 14.6. The van der Waals surface area contributed by atoms with Crippen LogP contribution < -0.4 is 0 Å². The van der Waals surface area contributed by atoms with Gasteiger partial charge in [0.25, 0.3) is 0 Å². The zero-order chi connectivity index (χ0) is 17.8. The van der Waals surface area contributed by atoms with E-state index in [1.807, 2.05) is 61.5 Å². The van der Waals surface area contributed by atoms with E-state index in [1.54, 1.807) is 13.0 Å². The van der Waals surface area contributed by atoms with E-state index >= 15 is 0 Å². The van der Waals surface area contributed by atoms with E-state index < -0.39 is 11.9 Å². The van der Waals surface area contributed by atoms with Crippen LogP contribution in [0.5, 0.6) is 0 Å². The second-order valence-electron chi connectivity index (χ2n) is 6.33. The van der Waals surface area contributed by atoms with E-state index in [4.69, 9.17) is 4.74 Å². The summed E-state index contributed by atoms with van der Waals surface area (Å²) in [5.41, 5.74) is 4.12. The zero-order valence-electron chi connectivity index (χ0n) is 14.6. The molecule has 3 rings (SSSR count). The lowest BCUT2D eigenvalue weighted by atomic mass is 9.72. The van der Waals surface area contributed by atoms with Crippen LogP contribution in [0.2, 0.25) is 0 Å². The van der Waals surface area contributed by atoms with Crippen LogP contribution in [0.3, 0.4) is 0 Å². The maximum absolute atomic E-state index is 12.8. The van der Waals surface area contributed by atoms with Crippen molar-refractivity contribution >= 4 is 17.3 Å². The van der Waals surface area contributed by atoms with Gasteiger partial charge in [0.15, 0.2) is 5.78 Å². The van der Waals surface area contributed by atoms with Gasteiger partial charge in [0, 0.05) is 5.92 Å². The number of aryl methyl sites for hydroxylation is 1. The number of allylic oxidation sites excluding steroid dienone is 2. The Kier molecular flexibility index (Phi) is 5.13. The molecule has 0 heterocycles. The van der Waals surface area contributed by atoms with E-state index in [-0.39, 0.29) is 18.3 Å². The normalized spacial score (nSPS) is 20.1. The molecular formula is C22H22O3. The number of benzene rings is 2. The van der Waals surface area contributed by atoms with Gasteiger partial charge in [-0.25, -0.2) is 0 Å². The molecule has 1 aliphatic carbocycles. The largest absolute Gasteiger partial charge is 0.465 e. The Morgan fingerprint density at radius 3 is 2.44 bits per heavy atom. The van der Waals surface area contributed by atoms with Crippen LogP contribution in [0.4, 0.5) is 0 Å². The molecule has 0 saturated carbocycles. The average Bonchev–Trinajstić information content (AvgIpc) is 2.62. The van der Waals surface area contributed by atoms with Gasteiger partial charge >= 0.3 is 5.97 Å². The molecule has 0 spiro atoms. The van der Waals surface area contributed by atoms with E-state index in [0.717, 1.165) is 22.3 Å². The monoisotopic (exact) mass is 334 g/mol. The number of esters is 1. The van der Waals surface area contributed by atoms with Crippen molar-refractivity contribution in [3.05, 3.63) is 77.4 Å². The summed E-state index contributed by atoms with van der Waals surface area (Å²) >= 11 is 0. The predicted octanol–water partition coefficient (Wildman–Crippen LogP) is 4.31. The number of carbonyl (C=O) groups excluding carboxylic acids is 2. The summed E-state index contributed by atoms with van der Waals surface area (Å²) in [5, 5.41) is 0. The first-order chi connectivity index (χ1) is 12.1. The molecule has 2 atom stereocenters. The highest BCUT2D eigenvalue weighted by atomic mass is 16.5. The van der Waals surface area contributed by atoms with Gasteiger partial charge in [-0.2, -0.15) is 0 Å². The van der Waals surface area contributed by atoms with Crippen molar-refractivity contribution in [2.75, 3.05) is 6.61 Å². The minimum absolute atomic E-state index is 0.170. The lowest BCUT2D eigenvalue weighted by Crippen LogP contribution is -2.34. The van der Waals surface area contributed by atoms with Gasteiger partial charge in [0.2, 0.25) is 0 Å². The van der Waals surface area contributed by atoms with Crippen LogP contribution in [-0.2, 0) is 14.3 Å². The number of hydrogen-bond donors (Lipinski definition) is 0. The number of ether oxygens (including phenoxy) is 1. The van der Waals surface area contributed by atoms with E-state index in [9.17, 15) is 9.59 Å². The Morgan fingerprint density at radius 1 is 1.08 bits per heavy atom. The molecule has 0 radical (unpaired) electrons. The van der Waals surface area contributed by atoms with Crippen LogP contribution in [0.15, 0.2) is 60.7 Å².